The van der Waals surface area contributed by atoms with Crippen LogP contribution in [-0.2, 0) is 0 Å². The molecule has 0 heterocycles. The number of rotatable bonds is 4. The second-order valence-corrected chi connectivity index (χ2v) is 3.73. The van der Waals surface area contributed by atoms with Crippen LogP contribution in [0.4, 0.5) is 4.39 Å². The number of hydrogen-bond acceptors (Lipinski definition) is 2. The summed E-state index contributed by atoms with van der Waals surface area (Å²) in [5.74, 6) is -0.868. The molecular formula is C9H8FIO3. The Morgan fingerprint density at radius 3 is 2.86 bits per heavy atom. The predicted octanol–water partition coefficient (Wildman–Crippen LogP) is 2.34. The molecule has 3 nitrogen and oxygen atoms in total. The maximum absolute atomic E-state index is 11.8. The lowest BCUT2D eigenvalue weighted by Crippen LogP contribution is -2.05. The lowest BCUT2D eigenvalue weighted by atomic mass is 10.2. The molecule has 0 aromatic heterocycles. The van der Waals surface area contributed by atoms with E-state index in [9.17, 15) is 9.18 Å². The highest BCUT2D eigenvalue weighted by Gasteiger charge is 2.11. The molecule has 0 saturated carbocycles. The summed E-state index contributed by atoms with van der Waals surface area (Å²) in [4.78, 5) is 10.8. The van der Waals surface area contributed by atoms with Gasteiger partial charge in [0, 0.05) is 3.57 Å². The first-order valence-corrected chi connectivity index (χ1v) is 4.94. The molecule has 0 bridgehead atoms. The molecule has 0 fully saturated rings. The molecule has 0 aliphatic carbocycles. The average Bonchev–Trinajstić information content (AvgIpc) is 2.15. The van der Waals surface area contributed by atoms with Crippen LogP contribution < -0.4 is 4.74 Å². The maximum atomic E-state index is 11.8. The van der Waals surface area contributed by atoms with Gasteiger partial charge < -0.3 is 9.84 Å². The highest BCUT2D eigenvalue weighted by molar-refractivity contribution is 14.1. The summed E-state index contributed by atoms with van der Waals surface area (Å²) in [6.07, 6.45) is 0. The molecule has 0 aliphatic rings. The molecule has 0 unspecified atom stereocenters. The summed E-state index contributed by atoms with van der Waals surface area (Å²) in [6.45, 7) is -0.758. The van der Waals surface area contributed by atoms with Crippen LogP contribution in [0.15, 0.2) is 18.2 Å². The Kier molecular flexibility index (Phi) is 4.12. The van der Waals surface area contributed by atoms with Gasteiger partial charge in [-0.1, -0.05) is 0 Å². The molecule has 0 spiro atoms. The number of carboxylic acids is 1. The molecule has 1 N–H and O–H groups in total. The van der Waals surface area contributed by atoms with Crippen LogP contribution in [0.5, 0.6) is 5.75 Å². The Balaban J connectivity index is 2.96. The number of benzene rings is 1. The van der Waals surface area contributed by atoms with Gasteiger partial charge in [0.2, 0.25) is 0 Å². The topological polar surface area (TPSA) is 46.5 Å². The van der Waals surface area contributed by atoms with Gasteiger partial charge in [-0.3, -0.25) is 0 Å². The zero-order chi connectivity index (χ0) is 10.6. The fourth-order valence-corrected chi connectivity index (χ4v) is 1.43. The molecule has 0 atom stereocenters. The third-order valence-corrected chi connectivity index (χ3v) is 2.18. The van der Waals surface area contributed by atoms with E-state index in [1.165, 1.54) is 12.1 Å². The van der Waals surface area contributed by atoms with Crippen molar-refractivity contribution in [2.75, 3.05) is 13.3 Å². The Bertz CT molecular complexity index is 341. The van der Waals surface area contributed by atoms with E-state index in [1.54, 1.807) is 6.07 Å². The first kappa shape index (κ1) is 11.2. The fraction of sp³-hybridized carbons (Fsp3) is 0.222. The van der Waals surface area contributed by atoms with Crippen molar-refractivity contribution in [3.05, 3.63) is 27.3 Å². The van der Waals surface area contributed by atoms with Crippen molar-refractivity contribution in [1.29, 1.82) is 0 Å². The molecule has 76 valence electrons. The maximum Gasteiger partial charge on any atom is 0.339 e. The van der Waals surface area contributed by atoms with Gasteiger partial charge in [0.15, 0.2) is 0 Å². The van der Waals surface area contributed by atoms with Crippen molar-refractivity contribution in [3.8, 4) is 5.75 Å². The zero-order valence-corrected chi connectivity index (χ0v) is 9.32. The van der Waals surface area contributed by atoms with Crippen molar-refractivity contribution in [2.24, 2.45) is 0 Å². The van der Waals surface area contributed by atoms with E-state index >= 15 is 0 Å². The minimum atomic E-state index is -1.07. The van der Waals surface area contributed by atoms with Crippen molar-refractivity contribution < 1.29 is 19.0 Å². The normalized spacial score (nSPS) is 9.86. The highest BCUT2D eigenvalue weighted by atomic mass is 127. The van der Waals surface area contributed by atoms with Crippen LogP contribution in [0.2, 0.25) is 0 Å². The standard InChI is InChI=1S/C9H8FIO3/c10-3-4-14-8-2-1-6(11)5-7(8)9(12)13/h1-2,5H,3-4H2,(H,12,13). The molecule has 0 amide bonds. The summed E-state index contributed by atoms with van der Waals surface area (Å²) in [5.41, 5.74) is 0.0605. The first-order valence-electron chi connectivity index (χ1n) is 3.86. The zero-order valence-electron chi connectivity index (χ0n) is 7.17. The van der Waals surface area contributed by atoms with E-state index in [1.807, 2.05) is 22.6 Å². The molecule has 14 heavy (non-hydrogen) atoms. The minimum Gasteiger partial charge on any atom is -0.490 e. The van der Waals surface area contributed by atoms with Gasteiger partial charge in [-0.15, -0.1) is 0 Å². The fourth-order valence-electron chi connectivity index (χ4n) is 0.944. The molecule has 1 aromatic carbocycles. The molecule has 1 rings (SSSR count). The quantitative estimate of drug-likeness (QED) is 0.868. The van der Waals surface area contributed by atoms with Crippen molar-refractivity contribution >= 4 is 28.6 Å². The average molecular weight is 310 g/mol. The molecule has 0 saturated heterocycles. The predicted molar refractivity (Wildman–Crippen MR) is 57.6 cm³/mol. The monoisotopic (exact) mass is 310 g/mol. The van der Waals surface area contributed by atoms with Crippen LogP contribution in [0, 0.1) is 3.57 Å². The van der Waals surface area contributed by atoms with Crippen LogP contribution in [-0.4, -0.2) is 24.4 Å². The van der Waals surface area contributed by atoms with Crippen LogP contribution >= 0.6 is 22.6 Å². The van der Waals surface area contributed by atoms with Crippen molar-refractivity contribution in [2.45, 2.75) is 0 Å². The number of alkyl halides is 1. The van der Waals surface area contributed by atoms with Gasteiger partial charge >= 0.3 is 5.97 Å². The third-order valence-electron chi connectivity index (χ3n) is 1.51. The summed E-state index contributed by atoms with van der Waals surface area (Å²) in [7, 11) is 0. The number of aromatic carboxylic acids is 1. The van der Waals surface area contributed by atoms with Crippen LogP contribution in [0.3, 0.4) is 0 Å². The van der Waals surface area contributed by atoms with E-state index in [4.69, 9.17) is 9.84 Å². The Labute approximate surface area is 94.0 Å². The Hall–Kier alpha value is -0.850. The number of hydrogen-bond donors (Lipinski definition) is 1. The van der Waals surface area contributed by atoms with Gasteiger partial charge in [-0.05, 0) is 40.8 Å². The van der Waals surface area contributed by atoms with E-state index < -0.39 is 12.6 Å². The Morgan fingerprint density at radius 1 is 1.57 bits per heavy atom. The largest absolute Gasteiger partial charge is 0.490 e. The lowest BCUT2D eigenvalue weighted by molar-refractivity contribution is 0.0691. The number of ether oxygens (including phenoxy) is 1. The van der Waals surface area contributed by atoms with Gasteiger partial charge in [0.25, 0.3) is 0 Å². The molecule has 5 heteroatoms. The summed E-state index contributed by atoms with van der Waals surface area (Å²) < 4.78 is 17.6. The third kappa shape index (κ3) is 2.83. The second-order valence-electron chi connectivity index (χ2n) is 2.48. The SMILES string of the molecule is O=C(O)c1cc(I)ccc1OCCF. The minimum absolute atomic E-state index is 0.0605. The van der Waals surface area contributed by atoms with E-state index in [0.29, 0.717) is 0 Å². The van der Waals surface area contributed by atoms with Crippen molar-refractivity contribution in [1.82, 2.24) is 0 Å². The molecule has 0 radical (unpaired) electrons. The smallest absolute Gasteiger partial charge is 0.339 e. The van der Waals surface area contributed by atoms with E-state index in [0.717, 1.165) is 3.57 Å². The van der Waals surface area contributed by atoms with Gasteiger partial charge in [0.1, 0.15) is 24.6 Å². The van der Waals surface area contributed by atoms with Crippen molar-refractivity contribution in [3.63, 3.8) is 0 Å². The highest BCUT2D eigenvalue weighted by Crippen LogP contribution is 2.21. The number of halogens is 2. The van der Waals surface area contributed by atoms with Gasteiger partial charge in [0.05, 0.1) is 0 Å². The summed E-state index contributed by atoms with van der Waals surface area (Å²) in [5, 5.41) is 8.81. The Morgan fingerprint density at radius 2 is 2.29 bits per heavy atom. The summed E-state index contributed by atoms with van der Waals surface area (Å²) >= 11 is 2.00. The van der Waals surface area contributed by atoms with Crippen LogP contribution in [0.25, 0.3) is 0 Å². The van der Waals surface area contributed by atoms with Crippen LogP contribution in [0.1, 0.15) is 10.4 Å². The van der Waals surface area contributed by atoms with E-state index in [-0.39, 0.29) is 17.9 Å². The lowest BCUT2D eigenvalue weighted by Gasteiger charge is -2.07. The number of carboxylic acid groups (broad SMARTS) is 1. The molecule has 0 aliphatic heterocycles. The summed E-state index contributed by atoms with van der Waals surface area (Å²) in [6, 6.07) is 4.72. The second kappa shape index (κ2) is 5.14. The van der Waals surface area contributed by atoms with Gasteiger partial charge in [-0.25, -0.2) is 9.18 Å². The van der Waals surface area contributed by atoms with Gasteiger partial charge in [-0.2, -0.15) is 0 Å². The molecular weight excluding hydrogens is 302 g/mol. The molecule has 1 aromatic rings. The first-order chi connectivity index (χ1) is 6.65. The number of carbonyl (C=O) groups is 1. The van der Waals surface area contributed by atoms with E-state index in [2.05, 4.69) is 0 Å².